The Morgan fingerprint density at radius 1 is 1.26 bits per heavy atom. The zero-order valence-corrected chi connectivity index (χ0v) is 11.7. The van der Waals surface area contributed by atoms with E-state index in [0.29, 0.717) is 5.13 Å². The third-order valence-corrected chi connectivity index (χ3v) is 5.07. The number of thiazole rings is 1. The van der Waals surface area contributed by atoms with E-state index in [1.165, 1.54) is 16.1 Å². The van der Waals surface area contributed by atoms with Crippen LogP contribution in [0.25, 0.3) is 0 Å². The lowest BCUT2D eigenvalue weighted by Crippen LogP contribution is -2.35. The first kappa shape index (κ1) is 12.6. The molecule has 0 spiro atoms. The normalized spacial score (nSPS) is 22.2. The second-order valence-corrected chi connectivity index (χ2v) is 6.40. The minimum Gasteiger partial charge on any atom is -0.375 e. The van der Waals surface area contributed by atoms with Gasteiger partial charge in [-0.05, 0) is 37.8 Å². The summed E-state index contributed by atoms with van der Waals surface area (Å²) < 4.78 is 0. The monoisotopic (exact) mass is 273 g/mol. The number of hydrogen-bond donors (Lipinski definition) is 2. The largest absolute Gasteiger partial charge is 0.375 e. The molecule has 19 heavy (non-hydrogen) atoms. The molecule has 0 radical (unpaired) electrons. The predicted octanol–water partition coefficient (Wildman–Crippen LogP) is 2.50. The van der Waals surface area contributed by atoms with Crippen molar-refractivity contribution in [3.8, 4) is 0 Å². The van der Waals surface area contributed by atoms with Gasteiger partial charge in [-0.15, -0.1) is 11.3 Å². The van der Waals surface area contributed by atoms with Crippen LogP contribution in [-0.4, -0.2) is 11.5 Å². The van der Waals surface area contributed by atoms with Gasteiger partial charge >= 0.3 is 0 Å². The van der Waals surface area contributed by atoms with E-state index < -0.39 is 0 Å². The van der Waals surface area contributed by atoms with Crippen molar-refractivity contribution in [1.29, 1.82) is 0 Å². The van der Waals surface area contributed by atoms with E-state index in [2.05, 4.69) is 35.3 Å². The number of aromatic nitrogens is 1. The summed E-state index contributed by atoms with van der Waals surface area (Å²) in [7, 11) is 0. The SMILES string of the molecule is NCCC1(c2ccccc2)CCc2nc(N)sc2C1. The van der Waals surface area contributed by atoms with Crippen LogP contribution in [0, 0.1) is 0 Å². The number of benzene rings is 1. The van der Waals surface area contributed by atoms with Crippen LogP contribution >= 0.6 is 11.3 Å². The van der Waals surface area contributed by atoms with Crippen molar-refractivity contribution in [2.75, 3.05) is 12.3 Å². The molecule has 1 aromatic heterocycles. The van der Waals surface area contributed by atoms with Crippen LogP contribution in [0.3, 0.4) is 0 Å². The van der Waals surface area contributed by atoms with E-state index in [4.69, 9.17) is 11.5 Å². The first-order valence-electron chi connectivity index (χ1n) is 6.73. The van der Waals surface area contributed by atoms with Crippen LogP contribution < -0.4 is 11.5 Å². The van der Waals surface area contributed by atoms with Gasteiger partial charge in [-0.2, -0.15) is 0 Å². The van der Waals surface area contributed by atoms with E-state index in [9.17, 15) is 0 Å². The van der Waals surface area contributed by atoms with Crippen molar-refractivity contribution in [2.45, 2.75) is 31.1 Å². The lowest BCUT2D eigenvalue weighted by atomic mass is 9.68. The molecule has 0 fully saturated rings. The smallest absolute Gasteiger partial charge is 0.180 e. The summed E-state index contributed by atoms with van der Waals surface area (Å²) in [6.07, 6.45) is 4.18. The number of nitrogens with zero attached hydrogens (tertiary/aromatic N) is 1. The number of rotatable bonds is 3. The van der Waals surface area contributed by atoms with Gasteiger partial charge in [0.2, 0.25) is 0 Å². The summed E-state index contributed by atoms with van der Waals surface area (Å²) >= 11 is 1.64. The average molecular weight is 273 g/mol. The Morgan fingerprint density at radius 3 is 2.79 bits per heavy atom. The quantitative estimate of drug-likeness (QED) is 0.903. The molecule has 4 N–H and O–H groups in total. The van der Waals surface area contributed by atoms with E-state index >= 15 is 0 Å². The Morgan fingerprint density at radius 2 is 2.05 bits per heavy atom. The van der Waals surface area contributed by atoms with Gasteiger partial charge in [-0.25, -0.2) is 4.98 Å². The molecule has 3 nitrogen and oxygen atoms in total. The molecule has 1 atom stereocenters. The van der Waals surface area contributed by atoms with Crippen molar-refractivity contribution < 1.29 is 0 Å². The van der Waals surface area contributed by atoms with Crippen LogP contribution in [0.2, 0.25) is 0 Å². The van der Waals surface area contributed by atoms with Crippen molar-refractivity contribution >= 4 is 16.5 Å². The molecule has 1 aromatic carbocycles. The standard InChI is InChI=1S/C15H19N3S/c16-9-8-15(11-4-2-1-3-5-11)7-6-12-13(10-15)19-14(17)18-12/h1-5H,6-10,16H2,(H2,17,18). The summed E-state index contributed by atoms with van der Waals surface area (Å²) in [6, 6.07) is 10.8. The van der Waals surface area contributed by atoms with Crippen LogP contribution in [0.15, 0.2) is 30.3 Å². The van der Waals surface area contributed by atoms with E-state index in [-0.39, 0.29) is 5.41 Å². The highest BCUT2D eigenvalue weighted by Gasteiger charge is 2.36. The molecule has 0 saturated heterocycles. The highest BCUT2D eigenvalue weighted by atomic mass is 32.1. The fourth-order valence-corrected chi connectivity index (χ4v) is 4.18. The van der Waals surface area contributed by atoms with Crippen molar-refractivity contribution in [3.63, 3.8) is 0 Å². The van der Waals surface area contributed by atoms with Gasteiger partial charge in [-0.3, -0.25) is 0 Å². The van der Waals surface area contributed by atoms with E-state index in [1.807, 2.05) is 0 Å². The highest BCUT2D eigenvalue weighted by Crippen LogP contribution is 2.42. The van der Waals surface area contributed by atoms with E-state index in [1.54, 1.807) is 11.3 Å². The summed E-state index contributed by atoms with van der Waals surface area (Å²) in [5, 5.41) is 0.696. The third-order valence-electron chi connectivity index (χ3n) is 4.14. The zero-order chi connectivity index (χ0) is 13.3. The molecule has 4 heteroatoms. The van der Waals surface area contributed by atoms with Crippen molar-refractivity contribution in [2.24, 2.45) is 5.73 Å². The van der Waals surface area contributed by atoms with Gasteiger partial charge in [0, 0.05) is 10.3 Å². The molecule has 0 aliphatic heterocycles. The molecule has 1 aliphatic rings. The van der Waals surface area contributed by atoms with Crippen LogP contribution in [0.4, 0.5) is 5.13 Å². The molecule has 0 amide bonds. The number of nitrogen functional groups attached to an aromatic ring is 1. The summed E-state index contributed by atoms with van der Waals surface area (Å²) in [5.41, 5.74) is 14.5. The molecule has 0 saturated carbocycles. The molecule has 2 aromatic rings. The van der Waals surface area contributed by atoms with Gasteiger partial charge < -0.3 is 11.5 Å². The van der Waals surface area contributed by atoms with Crippen LogP contribution in [-0.2, 0) is 18.3 Å². The molecular weight excluding hydrogens is 254 g/mol. The molecule has 1 unspecified atom stereocenters. The average Bonchev–Trinajstić information content (AvgIpc) is 2.79. The Labute approximate surface area is 117 Å². The first-order valence-corrected chi connectivity index (χ1v) is 7.55. The number of anilines is 1. The van der Waals surface area contributed by atoms with Gasteiger partial charge in [0.25, 0.3) is 0 Å². The lowest BCUT2D eigenvalue weighted by Gasteiger charge is -2.37. The van der Waals surface area contributed by atoms with Gasteiger partial charge in [0.05, 0.1) is 5.69 Å². The Balaban J connectivity index is 2.00. The zero-order valence-electron chi connectivity index (χ0n) is 10.9. The first-order chi connectivity index (χ1) is 9.23. The number of hydrogen-bond acceptors (Lipinski definition) is 4. The van der Waals surface area contributed by atoms with Crippen molar-refractivity contribution in [1.82, 2.24) is 4.98 Å². The molecule has 3 rings (SSSR count). The third kappa shape index (κ3) is 2.26. The molecular formula is C15H19N3S. The topological polar surface area (TPSA) is 64.9 Å². The maximum atomic E-state index is 5.87. The summed E-state index contributed by atoms with van der Waals surface area (Å²) in [4.78, 5) is 5.78. The van der Waals surface area contributed by atoms with Gasteiger partial charge in [-0.1, -0.05) is 30.3 Å². The fraction of sp³-hybridized carbons (Fsp3) is 0.400. The van der Waals surface area contributed by atoms with Gasteiger partial charge in [0.1, 0.15) is 0 Å². The minimum atomic E-state index is 0.169. The molecule has 100 valence electrons. The highest BCUT2D eigenvalue weighted by molar-refractivity contribution is 7.15. The second kappa shape index (κ2) is 4.94. The molecule has 1 heterocycles. The maximum Gasteiger partial charge on any atom is 0.180 e. The Bertz CT molecular complexity index is 564. The maximum absolute atomic E-state index is 5.87. The predicted molar refractivity (Wildman–Crippen MR) is 80.3 cm³/mol. The van der Waals surface area contributed by atoms with Crippen molar-refractivity contribution in [3.05, 3.63) is 46.5 Å². The Hall–Kier alpha value is -1.39. The van der Waals surface area contributed by atoms with Crippen LogP contribution in [0.5, 0.6) is 0 Å². The fourth-order valence-electron chi connectivity index (χ4n) is 3.16. The number of fused-ring (bicyclic) bond motifs is 1. The lowest BCUT2D eigenvalue weighted by molar-refractivity contribution is 0.350. The second-order valence-electron chi connectivity index (χ2n) is 5.28. The summed E-state index contributed by atoms with van der Waals surface area (Å²) in [5.74, 6) is 0. The number of nitrogens with two attached hydrogens (primary N) is 2. The summed E-state index contributed by atoms with van der Waals surface area (Å²) in [6.45, 7) is 0.721. The van der Waals surface area contributed by atoms with Crippen LogP contribution in [0.1, 0.15) is 29.0 Å². The van der Waals surface area contributed by atoms with E-state index in [0.717, 1.165) is 32.2 Å². The molecule has 0 bridgehead atoms. The number of aryl methyl sites for hydroxylation is 1. The molecule has 1 aliphatic carbocycles. The van der Waals surface area contributed by atoms with Gasteiger partial charge in [0.15, 0.2) is 5.13 Å². The Kier molecular flexibility index (Phi) is 3.29. The minimum absolute atomic E-state index is 0.169.